The number of rotatable bonds is 8. The molecular formula is C22H28N4O3. The van der Waals surface area contributed by atoms with Gasteiger partial charge in [-0.1, -0.05) is 18.2 Å². The molecule has 29 heavy (non-hydrogen) atoms. The molecule has 0 spiro atoms. The second kappa shape index (κ2) is 10.4. The quantitative estimate of drug-likeness (QED) is 0.363. The van der Waals surface area contributed by atoms with Crippen molar-refractivity contribution in [1.82, 2.24) is 10.6 Å². The van der Waals surface area contributed by atoms with Gasteiger partial charge in [0.25, 0.3) is 0 Å². The van der Waals surface area contributed by atoms with Crippen LogP contribution in [0.5, 0.6) is 11.5 Å². The molecule has 1 heterocycles. The van der Waals surface area contributed by atoms with Gasteiger partial charge in [0.2, 0.25) is 5.91 Å². The van der Waals surface area contributed by atoms with Crippen molar-refractivity contribution in [1.29, 1.82) is 0 Å². The highest BCUT2D eigenvalue weighted by Crippen LogP contribution is 2.26. The van der Waals surface area contributed by atoms with Crippen molar-refractivity contribution in [2.45, 2.75) is 26.3 Å². The van der Waals surface area contributed by atoms with Gasteiger partial charge in [0.05, 0.1) is 20.2 Å². The minimum atomic E-state index is 0.0683. The van der Waals surface area contributed by atoms with Gasteiger partial charge in [-0.2, -0.15) is 0 Å². The number of guanidine groups is 1. The maximum atomic E-state index is 11.4. The molecule has 0 aliphatic carbocycles. The Bertz CT molecular complexity index is 867. The normalized spacial score (nSPS) is 13.3. The fourth-order valence-corrected chi connectivity index (χ4v) is 3.13. The van der Waals surface area contributed by atoms with E-state index in [2.05, 4.69) is 20.9 Å². The van der Waals surface area contributed by atoms with Gasteiger partial charge in [0, 0.05) is 24.2 Å². The number of para-hydroxylation sites is 1. The number of nitrogens with zero attached hydrogens (tertiary/aromatic N) is 1. The van der Waals surface area contributed by atoms with Crippen LogP contribution in [-0.4, -0.2) is 38.7 Å². The second-order valence-electron chi connectivity index (χ2n) is 6.65. The molecule has 2 aromatic carbocycles. The van der Waals surface area contributed by atoms with Gasteiger partial charge in [0.15, 0.2) is 5.96 Å². The summed E-state index contributed by atoms with van der Waals surface area (Å²) in [6.07, 6.45) is 1.27. The SMILES string of the molecule is CCNC(=NCc1ccccc1OC)NCCOc1ccc2c(c1)CCC(=O)N2. The average Bonchev–Trinajstić information content (AvgIpc) is 2.75. The predicted molar refractivity (Wildman–Crippen MR) is 115 cm³/mol. The van der Waals surface area contributed by atoms with E-state index in [-0.39, 0.29) is 5.91 Å². The van der Waals surface area contributed by atoms with E-state index in [1.54, 1.807) is 7.11 Å². The number of ether oxygens (including phenoxy) is 2. The Hall–Kier alpha value is -3.22. The minimum Gasteiger partial charge on any atom is -0.496 e. The van der Waals surface area contributed by atoms with E-state index in [0.29, 0.717) is 26.1 Å². The first kappa shape index (κ1) is 20.5. The summed E-state index contributed by atoms with van der Waals surface area (Å²) >= 11 is 0. The Morgan fingerprint density at radius 2 is 2.03 bits per heavy atom. The Morgan fingerprint density at radius 1 is 1.17 bits per heavy atom. The van der Waals surface area contributed by atoms with E-state index in [0.717, 1.165) is 47.2 Å². The largest absolute Gasteiger partial charge is 0.496 e. The van der Waals surface area contributed by atoms with Gasteiger partial charge in [-0.25, -0.2) is 4.99 Å². The van der Waals surface area contributed by atoms with E-state index in [9.17, 15) is 4.79 Å². The molecule has 3 N–H and O–H groups in total. The van der Waals surface area contributed by atoms with Crippen LogP contribution in [0.2, 0.25) is 0 Å². The monoisotopic (exact) mass is 396 g/mol. The van der Waals surface area contributed by atoms with Crippen LogP contribution in [-0.2, 0) is 17.8 Å². The number of nitrogens with one attached hydrogen (secondary N) is 3. The van der Waals surface area contributed by atoms with Gasteiger partial charge in [0.1, 0.15) is 18.1 Å². The predicted octanol–water partition coefficient (Wildman–Crippen LogP) is 2.71. The topological polar surface area (TPSA) is 84.0 Å². The lowest BCUT2D eigenvalue weighted by molar-refractivity contribution is -0.116. The number of fused-ring (bicyclic) bond motifs is 1. The van der Waals surface area contributed by atoms with E-state index in [1.807, 2.05) is 49.4 Å². The first-order valence-corrected chi connectivity index (χ1v) is 9.89. The first-order chi connectivity index (χ1) is 14.2. The standard InChI is InChI=1S/C22H28N4O3/c1-3-23-22(25-15-17-6-4-5-7-20(17)28-2)24-12-13-29-18-9-10-19-16(14-18)8-11-21(27)26-19/h4-7,9-10,14H,3,8,11-13,15H2,1-2H3,(H,26,27)(H2,23,24,25). The average molecular weight is 396 g/mol. The maximum absolute atomic E-state index is 11.4. The number of aryl methyl sites for hydroxylation is 1. The van der Waals surface area contributed by atoms with Gasteiger partial charge in [-0.05, 0) is 43.2 Å². The van der Waals surface area contributed by atoms with Crippen molar-refractivity contribution < 1.29 is 14.3 Å². The summed E-state index contributed by atoms with van der Waals surface area (Å²) < 4.78 is 11.2. The summed E-state index contributed by atoms with van der Waals surface area (Å²) in [5.41, 5.74) is 3.02. The molecule has 7 heteroatoms. The Labute approximate surface area is 171 Å². The van der Waals surface area contributed by atoms with Gasteiger partial charge < -0.3 is 25.4 Å². The van der Waals surface area contributed by atoms with Crippen molar-refractivity contribution >= 4 is 17.6 Å². The van der Waals surface area contributed by atoms with Gasteiger partial charge >= 0.3 is 0 Å². The number of methoxy groups -OCH3 is 1. The smallest absolute Gasteiger partial charge is 0.224 e. The number of carbonyl (C=O) groups excluding carboxylic acids is 1. The second-order valence-corrected chi connectivity index (χ2v) is 6.65. The highest BCUT2D eigenvalue weighted by Gasteiger charge is 2.14. The van der Waals surface area contributed by atoms with E-state index < -0.39 is 0 Å². The number of benzene rings is 2. The zero-order chi connectivity index (χ0) is 20.5. The molecule has 0 bridgehead atoms. The highest BCUT2D eigenvalue weighted by molar-refractivity contribution is 5.94. The summed E-state index contributed by atoms with van der Waals surface area (Å²) in [7, 11) is 1.66. The highest BCUT2D eigenvalue weighted by atomic mass is 16.5. The lowest BCUT2D eigenvalue weighted by Crippen LogP contribution is -2.39. The van der Waals surface area contributed by atoms with Gasteiger partial charge in [-0.15, -0.1) is 0 Å². The molecule has 0 atom stereocenters. The van der Waals surface area contributed by atoms with Crippen LogP contribution in [0.4, 0.5) is 5.69 Å². The molecule has 154 valence electrons. The number of amides is 1. The summed E-state index contributed by atoms with van der Waals surface area (Å²) in [6.45, 7) is 4.45. The molecule has 2 aromatic rings. The van der Waals surface area contributed by atoms with Crippen LogP contribution < -0.4 is 25.4 Å². The first-order valence-electron chi connectivity index (χ1n) is 9.89. The zero-order valence-corrected chi connectivity index (χ0v) is 17.0. The van der Waals surface area contributed by atoms with E-state index >= 15 is 0 Å². The summed E-state index contributed by atoms with van der Waals surface area (Å²) in [4.78, 5) is 16.1. The molecule has 3 rings (SSSR count). The van der Waals surface area contributed by atoms with E-state index in [4.69, 9.17) is 9.47 Å². The van der Waals surface area contributed by atoms with Crippen LogP contribution in [0.1, 0.15) is 24.5 Å². The molecule has 1 aliphatic heterocycles. The third-order valence-electron chi connectivity index (χ3n) is 4.58. The molecule has 0 radical (unpaired) electrons. The summed E-state index contributed by atoms with van der Waals surface area (Å²) in [6, 6.07) is 13.6. The number of carbonyl (C=O) groups is 1. The summed E-state index contributed by atoms with van der Waals surface area (Å²) in [5.74, 6) is 2.44. The van der Waals surface area contributed by atoms with Crippen molar-refractivity contribution in [2.24, 2.45) is 4.99 Å². The van der Waals surface area contributed by atoms with Crippen molar-refractivity contribution in [3.8, 4) is 11.5 Å². The van der Waals surface area contributed by atoms with Crippen molar-refractivity contribution in [3.63, 3.8) is 0 Å². The van der Waals surface area contributed by atoms with Crippen LogP contribution >= 0.6 is 0 Å². The fourth-order valence-electron chi connectivity index (χ4n) is 3.13. The number of hydrogen-bond donors (Lipinski definition) is 3. The number of hydrogen-bond acceptors (Lipinski definition) is 4. The number of anilines is 1. The number of aliphatic imine (C=N–C) groups is 1. The molecule has 0 unspecified atom stereocenters. The lowest BCUT2D eigenvalue weighted by Gasteiger charge is -2.18. The van der Waals surface area contributed by atoms with Crippen LogP contribution in [0.25, 0.3) is 0 Å². The third kappa shape index (κ3) is 5.88. The third-order valence-corrected chi connectivity index (χ3v) is 4.58. The molecule has 1 aliphatic rings. The van der Waals surface area contributed by atoms with E-state index in [1.165, 1.54) is 0 Å². The molecule has 0 fully saturated rings. The fraction of sp³-hybridized carbons (Fsp3) is 0.364. The molecule has 0 saturated heterocycles. The maximum Gasteiger partial charge on any atom is 0.224 e. The molecule has 0 saturated carbocycles. The van der Waals surface area contributed by atoms with Crippen LogP contribution in [0, 0.1) is 0 Å². The Balaban J connectivity index is 1.50. The zero-order valence-electron chi connectivity index (χ0n) is 17.0. The Kier molecular flexibility index (Phi) is 7.33. The summed E-state index contributed by atoms with van der Waals surface area (Å²) in [5, 5.41) is 9.40. The van der Waals surface area contributed by atoms with Crippen LogP contribution in [0.3, 0.4) is 0 Å². The molecule has 1 amide bonds. The van der Waals surface area contributed by atoms with Gasteiger partial charge in [-0.3, -0.25) is 4.79 Å². The van der Waals surface area contributed by atoms with Crippen molar-refractivity contribution in [2.75, 3.05) is 32.1 Å². The lowest BCUT2D eigenvalue weighted by atomic mass is 10.0. The molecular weight excluding hydrogens is 368 g/mol. The van der Waals surface area contributed by atoms with Crippen LogP contribution in [0.15, 0.2) is 47.5 Å². The molecule has 7 nitrogen and oxygen atoms in total. The molecule has 0 aromatic heterocycles. The minimum absolute atomic E-state index is 0.0683. The van der Waals surface area contributed by atoms with Crippen molar-refractivity contribution in [3.05, 3.63) is 53.6 Å². The Morgan fingerprint density at radius 3 is 2.86 bits per heavy atom.